The fourth-order valence-corrected chi connectivity index (χ4v) is 2.53. The van der Waals surface area contributed by atoms with Crippen LogP contribution in [0, 0.1) is 11.3 Å². The van der Waals surface area contributed by atoms with E-state index < -0.39 is 17.5 Å². The summed E-state index contributed by atoms with van der Waals surface area (Å²) >= 11 is 0. The number of halogens is 3. The van der Waals surface area contributed by atoms with Crippen LogP contribution in [0.2, 0.25) is 0 Å². The molecule has 0 aromatic rings. The molecule has 1 aliphatic heterocycles. The average Bonchev–Trinajstić information content (AvgIpc) is 2.00. The average molecular weight is 194 g/mol. The molecule has 1 aliphatic carbocycles. The zero-order valence-electron chi connectivity index (χ0n) is 7.36. The van der Waals surface area contributed by atoms with Crippen LogP contribution in [0.5, 0.6) is 0 Å². The van der Waals surface area contributed by atoms with Crippen LogP contribution in [-0.4, -0.2) is 19.4 Å². The van der Waals surface area contributed by atoms with E-state index >= 15 is 0 Å². The van der Waals surface area contributed by atoms with Crippen molar-refractivity contribution in [3.05, 3.63) is 0 Å². The number of rotatable bonds is 0. The number of hydrogen-bond donors (Lipinski definition) is 0. The van der Waals surface area contributed by atoms with Crippen molar-refractivity contribution >= 4 is 0 Å². The lowest BCUT2D eigenvalue weighted by molar-refractivity contribution is -0.269. The topological polar surface area (TPSA) is 9.23 Å². The third-order valence-electron chi connectivity index (χ3n) is 3.33. The van der Waals surface area contributed by atoms with Crippen LogP contribution in [0.25, 0.3) is 0 Å². The minimum atomic E-state index is -4.02. The SMILES string of the molecule is FC(F)(F)C1CCCCC12COC2. The van der Waals surface area contributed by atoms with Gasteiger partial charge in [0.05, 0.1) is 19.1 Å². The van der Waals surface area contributed by atoms with Crippen LogP contribution in [0.4, 0.5) is 13.2 Å². The number of alkyl halides is 3. The Balaban J connectivity index is 2.14. The maximum Gasteiger partial charge on any atom is 0.392 e. The minimum absolute atomic E-state index is 0.298. The molecule has 1 unspecified atom stereocenters. The molecule has 1 saturated carbocycles. The second-order valence-electron chi connectivity index (χ2n) is 4.20. The second-order valence-corrected chi connectivity index (χ2v) is 4.20. The summed E-state index contributed by atoms with van der Waals surface area (Å²) in [5, 5.41) is 0. The first-order chi connectivity index (χ1) is 6.05. The third-order valence-corrected chi connectivity index (χ3v) is 3.33. The normalized spacial score (nSPS) is 33.0. The largest absolute Gasteiger partial charge is 0.392 e. The van der Waals surface area contributed by atoms with E-state index in [4.69, 9.17) is 4.74 Å². The molecule has 0 amide bonds. The summed E-state index contributed by atoms with van der Waals surface area (Å²) in [6.45, 7) is 0.633. The first-order valence-electron chi connectivity index (χ1n) is 4.69. The lowest BCUT2D eigenvalue weighted by Crippen LogP contribution is -2.54. The summed E-state index contributed by atoms with van der Waals surface area (Å²) in [6, 6.07) is 0. The smallest absolute Gasteiger partial charge is 0.380 e. The summed E-state index contributed by atoms with van der Waals surface area (Å²) in [6.07, 6.45) is -1.39. The van der Waals surface area contributed by atoms with E-state index in [0.29, 0.717) is 32.5 Å². The van der Waals surface area contributed by atoms with Gasteiger partial charge in [0.2, 0.25) is 0 Å². The molecule has 1 saturated heterocycles. The predicted molar refractivity (Wildman–Crippen MR) is 41.3 cm³/mol. The molecule has 1 nitrogen and oxygen atoms in total. The molecule has 0 aromatic heterocycles. The first kappa shape index (κ1) is 9.31. The quantitative estimate of drug-likeness (QED) is 0.576. The number of ether oxygens (including phenoxy) is 1. The van der Waals surface area contributed by atoms with Crippen molar-refractivity contribution < 1.29 is 17.9 Å². The molecule has 1 heterocycles. The van der Waals surface area contributed by atoms with Crippen LogP contribution in [-0.2, 0) is 4.74 Å². The lowest BCUT2D eigenvalue weighted by atomic mass is 9.64. The van der Waals surface area contributed by atoms with Crippen LogP contribution < -0.4 is 0 Å². The number of hydrogen-bond acceptors (Lipinski definition) is 1. The molecule has 1 atom stereocenters. The third kappa shape index (κ3) is 1.45. The molecule has 1 spiro atoms. The standard InChI is InChI=1S/C9H13F3O/c10-9(11,12)7-3-1-2-4-8(7)5-13-6-8/h7H,1-6H2. The molecular weight excluding hydrogens is 181 g/mol. The van der Waals surface area contributed by atoms with Gasteiger partial charge in [0.1, 0.15) is 0 Å². The zero-order valence-corrected chi connectivity index (χ0v) is 7.36. The molecule has 0 bridgehead atoms. The van der Waals surface area contributed by atoms with E-state index in [9.17, 15) is 13.2 Å². The summed E-state index contributed by atoms with van der Waals surface area (Å²) < 4.78 is 42.7. The highest BCUT2D eigenvalue weighted by Crippen LogP contribution is 2.52. The Hall–Kier alpha value is -0.250. The first-order valence-corrected chi connectivity index (χ1v) is 4.69. The molecule has 76 valence electrons. The molecule has 4 heteroatoms. The van der Waals surface area contributed by atoms with Gasteiger partial charge >= 0.3 is 6.18 Å². The Morgan fingerprint density at radius 2 is 1.85 bits per heavy atom. The molecule has 2 aliphatic rings. The Morgan fingerprint density at radius 1 is 1.15 bits per heavy atom. The maximum absolute atomic E-state index is 12.6. The second kappa shape index (κ2) is 2.87. The maximum atomic E-state index is 12.6. The molecule has 2 rings (SSSR count). The predicted octanol–water partition coefficient (Wildman–Crippen LogP) is 2.76. The van der Waals surface area contributed by atoms with Crippen molar-refractivity contribution in [3.8, 4) is 0 Å². The van der Waals surface area contributed by atoms with Crippen LogP contribution in [0.1, 0.15) is 25.7 Å². The van der Waals surface area contributed by atoms with Crippen molar-refractivity contribution in [3.63, 3.8) is 0 Å². The minimum Gasteiger partial charge on any atom is -0.380 e. The fraction of sp³-hybridized carbons (Fsp3) is 1.00. The Labute approximate surface area is 75.3 Å². The molecule has 0 aromatic carbocycles. The summed E-state index contributed by atoms with van der Waals surface area (Å²) in [5.41, 5.74) is -0.545. The van der Waals surface area contributed by atoms with Gasteiger partial charge in [-0.15, -0.1) is 0 Å². The van der Waals surface area contributed by atoms with Gasteiger partial charge in [-0.2, -0.15) is 13.2 Å². The molecule has 0 radical (unpaired) electrons. The van der Waals surface area contributed by atoms with Crippen molar-refractivity contribution in [1.82, 2.24) is 0 Å². The van der Waals surface area contributed by atoms with Gasteiger partial charge in [0.15, 0.2) is 0 Å². The van der Waals surface area contributed by atoms with Crippen molar-refractivity contribution in [2.24, 2.45) is 11.3 Å². The van der Waals surface area contributed by atoms with Gasteiger partial charge in [-0.25, -0.2) is 0 Å². The van der Waals surface area contributed by atoms with E-state index in [1.54, 1.807) is 0 Å². The molecular formula is C9H13F3O. The van der Waals surface area contributed by atoms with Gasteiger partial charge < -0.3 is 4.74 Å². The lowest BCUT2D eigenvalue weighted by Gasteiger charge is -2.50. The summed E-state index contributed by atoms with van der Waals surface area (Å²) in [5.74, 6) is -1.11. The monoisotopic (exact) mass is 194 g/mol. The molecule has 13 heavy (non-hydrogen) atoms. The highest BCUT2D eigenvalue weighted by atomic mass is 19.4. The van der Waals surface area contributed by atoms with E-state index in [1.165, 1.54) is 0 Å². The van der Waals surface area contributed by atoms with Gasteiger partial charge in [-0.3, -0.25) is 0 Å². The van der Waals surface area contributed by atoms with Crippen molar-refractivity contribution in [2.45, 2.75) is 31.9 Å². The Morgan fingerprint density at radius 3 is 2.23 bits per heavy atom. The van der Waals surface area contributed by atoms with Gasteiger partial charge in [-0.1, -0.05) is 12.8 Å². The summed E-state index contributed by atoms with van der Waals surface area (Å²) in [7, 11) is 0. The van der Waals surface area contributed by atoms with Crippen molar-refractivity contribution in [2.75, 3.05) is 13.2 Å². The van der Waals surface area contributed by atoms with E-state index in [2.05, 4.69) is 0 Å². The van der Waals surface area contributed by atoms with Gasteiger partial charge in [0, 0.05) is 5.41 Å². The van der Waals surface area contributed by atoms with E-state index in [-0.39, 0.29) is 0 Å². The Kier molecular flexibility index (Phi) is 2.06. The van der Waals surface area contributed by atoms with Crippen LogP contribution >= 0.6 is 0 Å². The fourth-order valence-electron chi connectivity index (χ4n) is 2.53. The van der Waals surface area contributed by atoms with Crippen LogP contribution in [0.3, 0.4) is 0 Å². The Bertz CT molecular complexity index is 196. The van der Waals surface area contributed by atoms with Crippen LogP contribution in [0.15, 0.2) is 0 Å². The highest BCUT2D eigenvalue weighted by molar-refractivity contribution is 4.97. The van der Waals surface area contributed by atoms with E-state index in [1.807, 2.05) is 0 Å². The van der Waals surface area contributed by atoms with Crippen molar-refractivity contribution in [1.29, 1.82) is 0 Å². The van der Waals surface area contributed by atoms with Gasteiger partial charge in [0.25, 0.3) is 0 Å². The van der Waals surface area contributed by atoms with E-state index in [0.717, 1.165) is 6.42 Å². The summed E-state index contributed by atoms with van der Waals surface area (Å²) in [4.78, 5) is 0. The van der Waals surface area contributed by atoms with Gasteiger partial charge in [-0.05, 0) is 12.8 Å². The zero-order chi connectivity index (χ0) is 9.53. The molecule has 0 N–H and O–H groups in total. The molecule has 2 fully saturated rings. The highest BCUT2D eigenvalue weighted by Gasteiger charge is 2.57.